The van der Waals surface area contributed by atoms with Crippen molar-refractivity contribution < 1.29 is 33.3 Å². The number of para-hydroxylation sites is 1. The van der Waals surface area contributed by atoms with E-state index in [0.717, 1.165) is 0 Å². The number of carbonyl (C=O) groups is 3. The first kappa shape index (κ1) is 25.5. The molecule has 0 unspecified atom stereocenters. The first-order valence-electron chi connectivity index (χ1n) is 11.2. The second kappa shape index (κ2) is 12.4. The third-order valence-electron chi connectivity index (χ3n) is 5.13. The predicted octanol–water partition coefficient (Wildman–Crippen LogP) is 4.22. The van der Waals surface area contributed by atoms with E-state index in [-0.39, 0.29) is 22.9 Å². The highest BCUT2D eigenvalue weighted by molar-refractivity contribution is 6.06. The molecule has 0 aliphatic heterocycles. The van der Waals surface area contributed by atoms with Crippen molar-refractivity contribution in [2.24, 2.45) is 0 Å². The summed E-state index contributed by atoms with van der Waals surface area (Å²) in [5.41, 5.74) is 1.45. The smallest absolute Gasteiger partial charge is 0.357 e. The lowest BCUT2D eigenvalue weighted by Crippen LogP contribution is -2.15. The Balaban J connectivity index is 1.85. The average molecular weight is 481 g/mol. The fraction of sp³-hybridized carbons (Fsp3) is 0.308. The maximum Gasteiger partial charge on any atom is 0.357 e. The van der Waals surface area contributed by atoms with Crippen molar-refractivity contribution in [3.05, 3.63) is 65.9 Å². The van der Waals surface area contributed by atoms with Crippen molar-refractivity contribution in [2.75, 3.05) is 27.4 Å². The highest BCUT2D eigenvalue weighted by Gasteiger charge is 2.31. The van der Waals surface area contributed by atoms with E-state index in [0.29, 0.717) is 49.5 Å². The van der Waals surface area contributed by atoms with Crippen LogP contribution in [0.2, 0.25) is 0 Å². The molecule has 35 heavy (non-hydrogen) atoms. The number of benzene rings is 2. The first-order valence-corrected chi connectivity index (χ1v) is 11.2. The summed E-state index contributed by atoms with van der Waals surface area (Å²) in [7, 11) is 2.48. The number of carbonyl (C=O) groups excluding carboxylic acids is 3. The fourth-order valence-corrected chi connectivity index (χ4v) is 3.46. The summed E-state index contributed by atoms with van der Waals surface area (Å²) in [6.45, 7) is 2.60. The zero-order valence-corrected chi connectivity index (χ0v) is 20.0. The van der Waals surface area contributed by atoms with E-state index >= 15 is 0 Å². The van der Waals surface area contributed by atoms with Crippen LogP contribution in [-0.4, -0.2) is 55.1 Å². The highest BCUT2D eigenvalue weighted by Crippen LogP contribution is 2.30. The molecule has 0 atom stereocenters. The number of ether oxygens (including phenoxy) is 4. The Hall–Kier alpha value is -4.14. The molecule has 0 N–H and O–H groups in total. The van der Waals surface area contributed by atoms with Gasteiger partial charge in [0.25, 0.3) is 0 Å². The Labute approximate surface area is 203 Å². The third kappa shape index (κ3) is 6.26. The lowest BCUT2D eigenvalue weighted by Gasteiger charge is -2.08. The minimum atomic E-state index is -0.712. The molecule has 0 radical (unpaired) electrons. The number of aromatic nitrogens is 2. The van der Waals surface area contributed by atoms with Crippen LogP contribution in [0.1, 0.15) is 47.0 Å². The van der Waals surface area contributed by atoms with E-state index in [1.54, 1.807) is 55.5 Å². The molecule has 0 aliphatic rings. The van der Waals surface area contributed by atoms with Crippen molar-refractivity contribution in [1.82, 2.24) is 9.78 Å². The van der Waals surface area contributed by atoms with Crippen LogP contribution in [0.3, 0.4) is 0 Å². The second-order valence-corrected chi connectivity index (χ2v) is 7.44. The molecule has 0 saturated carbocycles. The SMILES string of the molecule is CCOC(=O)CCCCOc1ccc(-c2nn(-c3ccccc3)c(C(=O)OC)c2C(=O)OC)cc1. The Bertz CT molecular complexity index is 1150. The van der Waals surface area contributed by atoms with Crippen LogP contribution >= 0.6 is 0 Å². The molecule has 3 aromatic rings. The molecule has 0 fully saturated rings. The Morgan fingerprint density at radius 2 is 1.57 bits per heavy atom. The molecule has 2 aromatic carbocycles. The van der Waals surface area contributed by atoms with Crippen molar-refractivity contribution in [3.63, 3.8) is 0 Å². The monoisotopic (exact) mass is 480 g/mol. The van der Waals surface area contributed by atoms with E-state index in [2.05, 4.69) is 5.10 Å². The Morgan fingerprint density at radius 1 is 0.886 bits per heavy atom. The van der Waals surface area contributed by atoms with Crippen LogP contribution in [-0.2, 0) is 19.0 Å². The van der Waals surface area contributed by atoms with Crippen molar-refractivity contribution in [2.45, 2.75) is 26.2 Å². The number of methoxy groups -OCH3 is 2. The maximum atomic E-state index is 12.7. The molecule has 9 nitrogen and oxygen atoms in total. The van der Waals surface area contributed by atoms with Gasteiger partial charge in [0.05, 0.1) is 33.1 Å². The normalized spacial score (nSPS) is 10.5. The van der Waals surface area contributed by atoms with E-state index < -0.39 is 11.9 Å². The third-order valence-corrected chi connectivity index (χ3v) is 5.13. The van der Waals surface area contributed by atoms with Gasteiger partial charge in [-0.3, -0.25) is 4.79 Å². The van der Waals surface area contributed by atoms with Gasteiger partial charge in [0.2, 0.25) is 0 Å². The van der Waals surface area contributed by atoms with Gasteiger partial charge in [-0.2, -0.15) is 5.10 Å². The molecule has 9 heteroatoms. The van der Waals surface area contributed by atoms with Crippen molar-refractivity contribution in [3.8, 4) is 22.7 Å². The molecular formula is C26H28N2O7. The molecule has 0 aliphatic carbocycles. The number of nitrogens with zero attached hydrogens (tertiary/aromatic N) is 2. The van der Waals surface area contributed by atoms with Crippen molar-refractivity contribution >= 4 is 17.9 Å². The van der Waals surface area contributed by atoms with E-state index in [1.165, 1.54) is 18.9 Å². The van der Waals surface area contributed by atoms with Gasteiger partial charge < -0.3 is 18.9 Å². The Kier molecular flexibility index (Phi) is 9.00. The zero-order chi connectivity index (χ0) is 25.2. The summed E-state index contributed by atoms with van der Waals surface area (Å²) < 4.78 is 21.9. The van der Waals surface area contributed by atoms with Gasteiger partial charge in [-0.25, -0.2) is 14.3 Å². The van der Waals surface area contributed by atoms with E-state index in [4.69, 9.17) is 18.9 Å². The lowest BCUT2D eigenvalue weighted by atomic mass is 10.1. The minimum absolute atomic E-state index is 0.0100. The summed E-state index contributed by atoms with van der Waals surface area (Å²) in [4.78, 5) is 36.8. The van der Waals surface area contributed by atoms with Gasteiger partial charge in [0, 0.05) is 12.0 Å². The highest BCUT2D eigenvalue weighted by atomic mass is 16.5. The Morgan fingerprint density at radius 3 is 2.20 bits per heavy atom. The number of esters is 3. The van der Waals surface area contributed by atoms with Crippen molar-refractivity contribution in [1.29, 1.82) is 0 Å². The second-order valence-electron chi connectivity index (χ2n) is 7.44. The van der Waals surface area contributed by atoms with Crippen LogP contribution in [0, 0.1) is 0 Å². The number of hydrogen-bond acceptors (Lipinski definition) is 8. The van der Waals surface area contributed by atoms with Crippen LogP contribution < -0.4 is 4.74 Å². The standard InChI is InChI=1S/C26H28N2O7/c1-4-34-21(29)12-8-9-17-35-20-15-13-18(14-16-20)23-22(25(30)32-2)24(26(31)33-3)28(27-23)19-10-6-5-7-11-19/h5-7,10-11,13-16H,4,8-9,12,17H2,1-3H3. The van der Waals surface area contributed by atoms with E-state index in [1.807, 2.05) is 6.07 Å². The largest absolute Gasteiger partial charge is 0.494 e. The molecule has 184 valence electrons. The molecule has 3 rings (SSSR count). The number of unbranched alkanes of at least 4 members (excludes halogenated alkanes) is 1. The molecule has 1 heterocycles. The first-order chi connectivity index (χ1) is 17.0. The van der Waals surface area contributed by atoms with Crippen LogP contribution in [0.15, 0.2) is 54.6 Å². The molecule has 0 bridgehead atoms. The number of hydrogen-bond donors (Lipinski definition) is 0. The quantitative estimate of drug-likeness (QED) is 0.228. The fourth-order valence-electron chi connectivity index (χ4n) is 3.46. The number of rotatable bonds is 11. The van der Waals surface area contributed by atoms with Gasteiger partial charge in [-0.05, 0) is 56.2 Å². The van der Waals surface area contributed by atoms with Gasteiger partial charge >= 0.3 is 17.9 Å². The molecular weight excluding hydrogens is 452 g/mol. The van der Waals surface area contributed by atoms with Crippen LogP contribution in [0.25, 0.3) is 16.9 Å². The van der Waals surface area contributed by atoms with Crippen LogP contribution in [0.5, 0.6) is 5.75 Å². The van der Waals surface area contributed by atoms with E-state index in [9.17, 15) is 14.4 Å². The van der Waals surface area contributed by atoms with Gasteiger partial charge in [0.15, 0.2) is 5.69 Å². The van der Waals surface area contributed by atoms with Gasteiger partial charge in [0.1, 0.15) is 17.0 Å². The summed E-state index contributed by atoms with van der Waals surface area (Å²) in [5.74, 6) is -1.00. The summed E-state index contributed by atoms with van der Waals surface area (Å²) in [6, 6.07) is 16.0. The topological polar surface area (TPSA) is 106 Å². The van der Waals surface area contributed by atoms with Gasteiger partial charge in [-0.15, -0.1) is 0 Å². The molecule has 0 saturated heterocycles. The lowest BCUT2D eigenvalue weighted by molar-refractivity contribution is -0.143. The van der Waals surface area contributed by atoms with Gasteiger partial charge in [-0.1, -0.05) is 18.2 Å². The maximum absolute atomic E-state index is 12.7. The summed E-state index contributed by atoms with van der Waals surface area (Å²) >= 11 is 0. The summed E-state index contributed by atoms with van der Waals surface area (Å²) in [5, 5.41) is 4.57. The predicted molar refractivity (Wildman–Crippen MR) is 128 cm³/mol. The molecule has 1 aromatic heterocycles. The zero-order valence-electron chi connectivity index (χ0n) is 20.0. The summed E-state index contributed by atoms with van der Waals surface area (Å²) in [6.07, 6.45) is 1.74. The molecule has 0 spiro atoms. The minimum Gasteiger partial charge on any atom is -0.494 e. The van der Waals surface area contributed by atoms with Crippen LogP contribution in [0.4, 0.5) is 0 Å². The molecule has 0 amide bonds. The average Bonchev–Trinajstić information content (AvgIpc) is 3.29.